The topological polar surface area (TPSA) is 24.9 Å². The average molecular weight is 295 g/mol. The molecule has 0 spiro atoms. The summed E-state index contributed by atoms with van der Waals surface area (Å²) in [6.07, 6.45) is 9.32. The van der Waals surface area contributed by atoms with Crippen LogP contribution in [0, 0.1) is 12.8 Å². The minimum Gasteiger partial charge on any atom is -0.303 e. The lowest BCUT2D eigenvalue weighted by molar-refractivity contribution is 0.261. The van der Waals surface area contributed by atoms with Crippen LogP contribution in [0.3, 0.4) is 0 Å². The summed E-state index contributed by atoms with van der Waals surface area (Å²) in [5.74, 6) is 0.928. The average Bonchev–Trinajstić information content (AvgIpc) is 2.72. The lowest BCUT2D eigenvalue weighted by Crippen LogP contribution is -2.45. The van der Waals surface area contributed by atoms with Crippen molar-refractivity contribution in [3.05, 3.63) is 16.1 Å². The van der Waals surface area contributed by atoms with E-state index in [1.165, 1.54) is 55.6 Å². The zero-order valence-corrected chi connectivity index (χ0v) is 14.4. The van der Waals surface area contributed by atoms with Crippen LogP contribution < -0.4 is 5.32 Å². The largest absolute Gasteiger partial charge is 0.303 e. The third-order valence-corrected chi connectivity index (χ3v) is 5.65. The Hall–Kier alpha value is -0.410. The summed E-state index contributed by atoms with van der Waals surface area (Å²) in [6, 6.07) is 0.516. The van der Waals surface area contributed by atoms with Gasteiger partial charge >= 0.3 is 0 Å². The normalized spacial score (nSPS) is 27.8. The fraction of sp³-hybridized carbons (Fsp3) is 0.824. The predicted molar refractivity (Wildman–Crippen MR) is 88.3 cm³/mol. The molecule has 0 bridgehead atoms. The molecule has 0 radical (unpaired) electrons. The minimum absolute atomic E-state index is 0.135. The number of nitrogens with zero attached hydrogens (tertiary/aromatic N) is 1. The van der Waals surface area contributed by atoms with E-state index in [0.717, 1.165) is 5.92 Å². The van der Waals surface area contributed by atoms with Crippen LogP contribution in [-0.2, 0) is 5.54 Å². The summed E-state index contributed by atoms with van der Waals surface area (Å²) in [4.78, 5) is 4.83. The van der Waals surface area contributed by atoms with Crippen molar-refractivity contribution in [3.8, 4) is 0 Å². The van der Waals surface area contributed by atoms with E-state index in [-0.39, 0.29) is 5.54 Å². The molecule has 2 nitrogen and oxygen atoms in total. The monoisotopic (exact) mass is 294 g/mol. The number of aryl methyl sites for hydroxylation is 1. The number of hydrogen-bond donors (Lipinski definition) is 1. The molecule has 0 amide bonds. The van der Waals surface area contributed by atoms with Crippen LogP contribution in [0.5, 0.6) is 0 Å². The van der Waals surface area contributed by atoms with Gasteiger partial charge < -0.3 is 5.32 Å². The second-order valence-electron chi connectivity index (χ2n) is 6.76. The maximum Gasteiger partial charge on any atom is 0.113 e. The van der Waals surface area contributed by atoms with Crippen LogP contribution >= 0.6 is 11.3 Å². The van der Waals surface area contributed by atoms with E-state index in [2.05, 4.69) is 38.4 Å². The van der Waals surface area contributed by atoms with Crippen molar-refractivity contribution >= 4 is 11.3 Å². The summed E-state index contributed by atoms with van der Waals surface area (Å²) in [7, 11) is 0. The molecule has 0 aliphatic heterocycles. The first kappa shape index (κ1) is 16.0. The molecule has 114 valence electrons. The number of rotatable bonds is 5. The van der Waals surface area contributed by atoms with Gasteiger partial charge in [-0.3, -0.25) is 0 Å². The predicted octanol–water partition coefficient (Wildman–Crippen LogP) is 5.03. The maximum absolute atomic E-state index is 4.83. The van der Waals surface area contributed by atoms with Gasteiger partial charge in [-0.05, 0) is 46.0 Å². The van der Waals surface area contributed by atoms with Crippen LogP contribution in [0.1, 0.15) is 76.4 Å². The molecule has 1 aromatic rings. The summed E-state index contributed by atoms with van der Waals surface area (Å²) in [5.41, 5.74) is 1.31. The lowest BCUT2D eigenvalue weighted by atomic mass is 9.88. The molecule has 1 saturated carbocycles. The van der Waals surface area contributed by atoms with Gasteiger partial charge in [-0.2, -0.15) is 0 Å². The molecule has 0 aromatic carbocycles. The Kier molecular flexibility index (Phi) is 5.62. The quantitative estimate of drug-likeness (QED) is 0.771. The van der Waals surface area contributed by atoms with E-state index >= 15 is 0 Å². The summed E-state index contributed by atoms with van der Waals surface area (Å²) in [6.45, 7) is 8.95. The molecule has 1 aromatic heterocycles. The first-order chi connectivity index (χ1) is 9.55. The number of hydrogen-bond acceptors (Lipinski definition) is 3. The molecule has 3 heteroatoms. The van der Waals surface area contributed by atoms with Crippen molar-refractivity contribution in [2.45, 2.75) is 84.2 Å². The Morgan fingerprint density at radius 3 is 2.80 bits per heavy atom. The lowest BCUT2D eigenvalue weighted by Gasteiger charge is -2.34. The van der Waals surface area contributed by atoms with Gasteiger partial charge in [-0.25, -0.2) is 4.98 Å². The van der Waals surface area contributed by atoms with Gasteiger partial charge in [0.2, 0.25) is 0 Å². The smallest absolute Gasteiger partial charge is 0.113 e. The Labute approximate surface area is 128 Å². The van der Waals surface area contributed by atoms with E-state index in [1.54, 1.807) is 0 Å². The molecule has 0 saturated heterocycles. The van der Waals surface area contributed by atoms with Crippen LogP contribution in [0.2, 0.25) is 0 Å². The van der Waals surface area contributed by atoms with Gasteiger partial charge in [0.05, 0.1) is 5.54 Å². The van der Waals surface area contributed by atoms with Gasteiger partial charge in [0.15, 0.2) is 0 Å². The van der Waals surface area contributed by atoms with E-state index < -0.39 is 0 Å². The third kappa shape index (κ3) is 3.82. The zero-order valence-electron chi connectivity index (χ0n) is 13.5. The van der Waals surface area contributed by atoms with Gasteiger partial charge in [0.1, 0.15) is 5.01 Å². The molecule has 2 unspecified atom stereocenters. The number of nitrogens with one attached hydrogen (secondary N) is 1. The van der Waals surface area contributed by atoms with Crippen molar-refractivity contribution in [2.24, 2.45) is 5.92 Å². The molecule has 2 atom stereocenters. The summed E-state index contributed by atoms with van der Waals surface area (Å²) < 4.78 is 0. The molecule has 1 N–H and O–H groups in total. The van der Waals surface area contributed by atoms with Crippen LogP contribution in [-0.4, -0.2) is 11.0 Å². The van der Waals surface area contributed by atoms with Crippen molar-refractivity contribution in [1.82, 2.24) is 10.3 Å². The molecule has 1 aliphatic rings. The van der Waals surface area contributed by atoms with Crippen LogP contribution in [0.25, 0.3) is 0 Å². The first-order valence-electron chi connectivity index (χ1n) is 8.26. The van der Waals surface area contributed by atoms with Gasteiger partial charge in [0.25, 0.3) is 0 Å². The molecule has 1 aliphatic carbocycles. The van der Waals surface area contributed by atoms with Gasteiger partial charge in [-0.15, -0.1) is 11.3 Å². The second kappa shape index (κ2) is 7.04. The first-order valence-corrected chi connectivity index (χ1v) is 9.14. The third-order valence-electron chi connectivity index (χ3n) is 4.49. The molecular weight excluding hydrogens is 264 g/mol. The maximum atomic E-state index is 4.83. The fourth-order valence-corrected chi connectivity index (χ4v) is 4.68. The summed E-state index contributed by atoms with van der Waals surface area (Å²) in [5, 5.41) is 7.40. The molecular formula is C17H30N2S. The standard InChI is InChI=1S/C17H30N2S/c1-5-7-15-8-6-10-17(11-9-15,19-13(2)3)16-18-14(4)12-20-16/h12-13,15,19H,5-11H2,1-4H3. The molecule has 1 fully saturated rings. The Morgan fingerprint density at radius 2 is 2.20 bits per heavy atom. The molecule has 20 heavy (non-hydrogen) atoms. The highest BCUT2D eigenvalue weighted by atomic mass is 32.1. The van der Waals surface area contributed by atoms with Crippen LogP contribution in [0.15, 0.2) is 5.38 Å². The minimum atomic E-state index is 0.135. The van der Waals surface area contributed by atoms with Crippen molar-refractivity contribution < 1.29 is 0 Å². The van der Waals surface area contributed by atoms with E-state index in [4.69, 9.17) is 4.98 Å². The van der Waals surface area contributed by atoms with Crippen LogP contribution in [0.4, 0.5) is 0 Å². The summed E-state index contributed by atoms with van der Waals surface area (Å²) >= 11 is 1.85. The van der Waals surface area contributed by atoms with E-state index in [0.29, 0.717) is 6.04 Å². The second-order valence-corrected chi connectivity index (χ2v) is 7.62. The highest BCUT2D eigenvalue weighted by Crippen LogP contribution is 2.40. The molecule has 2 rings (SSSR count). The zero-order chi connectivity index (χ0) is 14.6. The highest BCUT2D eigenvalue weighted by Gasteiger charge is 2.37. The Morgan fingerprint density at radius 1 is 1.40 bits per heavy atom. The fourth-order valence-electron chi connectivity index (χ4n) is 3.66. The van der Waals surface area contributed by atoms with Crippen molar-refractivity contribution in [1.29, 1.82) is 0 Å². The highest BCUT2D eigenvalue weighted by molar-refractivity contribution is 7.09. The Balaban J connectivity index is 2.19. The molecule has 1 heterocycles. The Bertz CT molecular complexity index is 413. The SMILES string of the molecule is CCCC1CCCC(NC(C)C)(c2nc(C)cs2)CC1. The van der Waals surface area contributed by atoms with E-state index in [1.807, 2.05) is 11.3 Å². The number of thiazole rings is 1. The van der Waals surface area contributed by atoms with Crippen molar-refractivity contribution in [2.75, 3.05) is 0 Å². The van der Waals surface area contributed by atoms with Crippen molar-refractivity contribution in [3.63, 3.8) is 0 Å². The van der Waals surface area contributed by atoms with Gasteiger partial charge in [0, 0.05) is 17.1 Å². The van der Waals surface area contributed by atoms with E-state index in [9.17, 15) is 0 Å². The number of aromatic nitrogens is 1. The van der Waals surface area contributed by atoms with Gasteiger partial charge in [-0.1, -0.05) is 32.6 Å².